The molecule has 88 valence electrons. The highest BCUT2D eigenvalue weighted by molar-refractivity contribution is 5.00. The maximum atomic E-state index is 5.34. The van der Waals surface area contributed by atoms with E-state index in [0.717, 1.165) is 24.3 Å². The lowest BCUT2D eigenvalue weighted by Gasteiger charge is -2.16. The number of hydrogen-bond acceptors (Lipinski definition) is 3. The summed E-state index contributed by atoms with van der Waals surface area (Å²) >= 11 is 0. The molecule has 2 aliphatic rings. The zero-order valence-electron chi connectivity index (χ0n) is 9.86. The van der Waals surface area contributed by atoms with Crippen molar-refractivity contribution in [2.45, 2.75) is 38.4 Å². The van der Waals surface area contributed by atoms with Gasteiger partial charge in [-0.15, -0.1) is 0 Å². The van der Waals surface area contributed by atoms with Gasteiger partial charge < -0.3 is 9.73 Å². The van der Waals surface area contributed by atoms with Gasteiger partial charge in [-0.2, -0.15) is 0 Å². The van der Waals surface area contributed by atoms with Crippen LogP contribution in [-0.2, 0) is 6.54 Å². The van der Waals surface area contributed by atoms with Crippen molar-refractivity contribution in [2.24, 2.45) is 5.92 Å². The lowest BCUT2D eigenvalue weighted by Crippen LogP contribution is -2.35. The Morgan fingerprint density at radius 3 is 3.00 bits per heavy atom. The van der Waals surface area contributed by atoms with Gasteiger partial charge in [-0.25, -0.2) is 0 Å². The predicted molar refractivity (Wildman–Crippen MR) is 63.1 cm³/mol. The molecule has 1 saturated heterocycles. The van der Waals surface area contributed by atoms with Crippen LogP contribution in [0, 0.1) is 5.92 Å². The lowest BCUT2D eigenvalue weighted by atomic mass is 10.1. The fourth-order valence-electron chi connectivity index (χ4n) is 2.65. The smallest absolute Gasteiger partial charge is 0.117 e. The van der Waals surface area contributed by atoms with E-state index >= 15 is 0 Å². The van der Waals surface area contributed by atoms with E-state index in [1.807, 2.05) is 12.1 Å². The number of rotatable bonds is 4. The van der Waals surface area contributed by atoms with Crippen LogP contribution in [0.2, 0.25) is 0 Å². The molecule has 1 aromatic rings. The van der Waals surface area contributed by atoms with E-state index in [0.29, 0.717) is 6.04 Å². The van der Waals surface area contributed by atoms with Crippen LogP contribution in [0.4, 0.5) is 0 Å². The second kappa shape index (κ2) is 4.22. The highest BCUT2D eigenvalue weighted by Gasteiger charge is 2.37. The Hall–Kier alpha value is -0.800. The van der Waals surface area contributed by atoms with Crippen LogP contribution >= 0.6 is 0 Å². The van der Waals surface area contributed by atoms with Crippen molar-refractivity contribution in [1.29, 1.82) is 0 Å². The van der Waals surface area contributed by atoms with Crippen molar-refractivity contribution in [2.75, 3.05) is 13.1 Å². The van der Waals surface area contributed by atoms with E-state index in [9.17, 15) is 0 Å². The number of furan rings is 1. The van der Waals surface area contributed by atoms with E-state index in [1.54, 1.807) is 6.26 Å². The fourth-order valence-corrected chi connectivity index (χ4v) is 2.65. The van der Waals surface area contributed by atoms with E-state index in [-0.39, 0.29) is 0 Å². The van der Waals surface area contributed by atoms with Crippen LogP contribution in [0.5, 0.6) is 0 Å². The quantitative estimate of drug-likeness (QED) is 0.839. The summed E-state index contributed by atoms with van der Waals surface area (Å²) in [6.45, 7) is 5.69. The molecule has 3 rings (SSSR count). The van der Waals surface area contributed by atoms with E-state index in [2.05, 4.69) is 17.1 Å². The van der Waals surface area contributed by atoms with Gasteiger partial charge in [0.2, 0.25) is 0 Å². The highest BCUT2D eigenvalue weighted by atomic mass is 16.3. The van der Waals surface area contributed by atoms with Gasteiger partial charge in [-0.1, -0.05) is 6.92 Å². The molecule has 1 aromatic heterocycles. The van der Waals surface area contributed by atoms with Gasteiger partial charge in [0.25, 0.3) is 0 Å². The third-order valence-electron chi connectivity index (χ3n) is 3.82. The van der Waals surface area contributed by atoms with Crippen molar-refractivity contribution in [3.05, 3.63) is 24.2 Å². The summed E-state index contributed by atoms with van der Waals surface area (Å²) in [6, 6.07) is 5.51. The molecule has 1 aliphatic carbocycles. The fraction of sp³-hybridized carbons (Fsp3) is 0.692. The van der Waals surface area contributed by atoms with E-state index in [4.69, 9.17) is 4.42 Å². The average molecular weight is 220 g/mol. The lowest BCUT2D eigenvalue weighted by molar-refractivity contribution is 0.312. The average Bonchev–Trinajstić information content (AvgIpc) is 2.86. The monoisotopic (exact) mass is 220 g/mol. The third kappa shape index (κ3) is 2.15. The van der Waals surface area contributed by atoms with Crippen LogP contribution in [-0.4, -0.2) is 30.1 Å². The minimum atomic E-state index is 0.630. The molecule has 1 saturated carbocycles. The molecule has 3 nitrogen and oxygen atoms in total. The molecule has 0 spiro atoms. The molecule has 0 radical (unpaired) electrons. The Labute approximate surface area is 96.8 Å². The molecule has 1 aliphatic heterocycles. The second-order valence-electron chi connectivity index (χ2n) is 5.23. The summed E-state index contributed by atoms with van der Waals surface area (Å²) in [5, 5.41) is 3.61. The number of nitrogens with zero attached hydrogens (tertiary/aromatic N) is 1. The van der Waals surface area contributed by atoms with Crippen molar-refractivity contribution >= 4 is 0 Å². The van der Waals surface area contributed by atoms with Crippen LogP contribution in [0.25, 0.3) is 0 Å². The summed E-state index contributed by atoms with van der Waals surface area (Å²) in [6.07, 6.45) is 4.57. The molecule has 2 heterocycles. The van der Waals surface area contributed by atoms with Crippen molar-refractivity contribution < 1.29 is 4.42 Å². The van der Waals surface area contributed by atoms with Gasteiger partial charge >= 0.3 is 0 Å². The van der Waals surface area contributed by atoms with Crippen LogP contribution in [0.3, 0.4) is 0 Å². The maximum Gasteiger partial charge on any atom is 0.117 e. The molecule has 0 aromatic carbocycles. The largest absolute Gasteiger partial charge is 0.468 e. The Morgan fingerprint density at radius 2 is 2.31 bits per heavy atom. The number of likely N-dealkylation sites (tertiary alicyclic amines) is 1. The van der Waals surface area contributed by atoms with Gasteiger partial charge in [0.15, 0.2) is 0 Å². The Morgan fingerprint density at radius 1 is 1.44 bits per heavy atom. The predicted octanol–water partition coefficient (Wildman–Crippen LogP) is 1.85. The first-order chi connectivity index (χ1) is 7.83. The molecule has 0 amide bonds. The van der Waals surface area contributed by atoms with E-state index in [1.165, 1.54) is 25.9 Å². The molecule has 2 unspecified atom stereocenters. The second-order valence-corrected chi connectivity index (χ2v) is 5.23. The summed E-state index contributed by atoms with van der Waals surface area (Å²) in [4.78, 5) is 2.64. The molecular formula is C13H20N2O. The van der Waals surface area contributed by atoms with Gasteiger partial charge in [-0.05, 0) is 30.9 Å². The molecule has 0 bridgehead atoms. The van der Waals surface area contributed by atoms with Crippen LogP contribution in [0.1, 0.15) is 25.5 Å². The molecule has 3 heteroatoms. The van der Waals surface area contributed by atoms with Crippen molar-refractivity contribution in [3.63, 3.8) is 0 Å². The van der Waals surface area contributed by atoms with Gasteiger partial charge in [0, 0.05) is 25.2 Å². The van der Waals surface area contributed by atoms with Gasteiger partial charge in [0.05, 0.1) is 12.8 Å². The molecule has 16 heavy (non-hydrogen) atoms. The summed E-state index contributed by atoms with van der Waals surface area (Å²) in [5.74, 6) is 1.80. The summed E-state index contributed by atoms with van der Waals surface area (Å²) in [5.41, 5.74) is 0. The molecule has 2 atom stereocenters. The first kappa shape index (κ1) is 10.4. The standard InChI is InChI=1S/C13H20N2O/c1-10-8-15(11-4-5-11)9-13(10)14-7-12-3-2-6-16-12/h2-3,6,10-11,13-14H,4-5,7-9H2,1H3. The SMILES string of the molecule is CC1CN(C2CC2)CC1NCc1ccco1. The first-order valence-electron chi connectivity index (χ1n) is 6.33. The Kier molecular flexibility index (Phi) is 2.74. The molecule has 2 fully saturated rings. The highest BCUT2D eigenvalue weighted by Crippen LogP contribution is 2.31. The van der Waals surface area contributed by atoms with E-state index < -0.39 is 0 Å². The van der Waals surface area contributed by atoms with Crippen LogP contribution < -0.4 is 5.32 Å². The van der Waals surface area contributed by atoms with Crippen molar-refractivity contribution in [1.82, 2.24) is 10.2 Å². The van der Waals surface area contributed by atoms with Gasteiger partial charge in [-0.3, -0.25) is 4.90 Å². The zero-order valence-corrected chi connectivity index (χ0v) is 9.86. The maximum absolute atomic E-state index is 5.34. The Bertz CT molecular complexity index is 332. The molecule has 1 N–H and O–H groups in total. The zero-order chi connectivity index (χ0) is 11.0. The minimum absolute atomic E-state index is 0.630. The number of hydrogen-bond donors (Lipinski definition) is 1. The van der Waals surface area contributed by atoms with Crippen LogP contribution in [0.15, 0.2) is 22.8 Å². The topological polar surface area (TPSA) is 28.4 Å². The van der Waals surface area contributed by atoms with Crippen molar-refractivity contribution in [3.8, 4) is 0 Å². The normalized spacial score (nSPS) is 31.1. The third-order valence-corrected chi connectivity index (χ3v) is 3.82. The number of nitrogens with one attached hydrogen (secondary N) is 1. The Balaban J connectivity index is 1.51. The van der Waals surface area contributed by atoms with Gasteiger partial charge in [0.1, 0.15) is 5.76 Å². The summed E-state index contributed by atoms with van der Waals surface area (Å²) in [7, 11) is 0. The molecular weight excluding hydrogens is 200 g/mol. The summed E-state index contributed by atoms with van der Waals surface area (Å²) < 4.78 is 5.34. The minimum Gasteiger partial charge on any atom is -0.468 e. The first-order valence-corrected chi connectivity index (χ1v) is 6.33.